The first-order valence-electron chi connectivity index (χ1n) is 9.90. The molecule has 144 valence electrons. The summed E-state index contributed by atoms with van der Waals surface area (Å²) in [4.78, 5) is 7.18. The SMILES string of the molecule is CCNC(=NCc1c(CC)noc1CC)NCCCCN(CC)CC. The number of unbranched alkanes of at least 4 members (excludes halogenated alkanes) is 1. The maximum absolute atomic E-state index is 5.42. The molecular formula is C19H37N5O. The predicted molar refractivity (Wildman–Crippen MR) is 105 cm³/mol. The Balaban J connectivity index is 2.50. The van der Waals surface area contributed by atoms with Gasteiger partial charge in [-0.2, -0.15) is 0 Å². The van der Waals surface area contributed by atoms with E-state index in [0.29, 0.717) is 6.54 Å². The Labute approximate surface area is 153 Å². The molecule has 6 nitrogen and oxygen atoms in total. The fraction of sp³-hybridized carbons (Fsp3) is 0.789. The summed E-state index contributed by atoms with van der Waals surface area (Å²) in [6, 6.07) is 0. The summed E-state index contributed by atoms with van der Waals surface area (Å²) in [6.45, 7) is 16.6. The van der Waals surface area contributed by atoms with E-state index in [1.807, 2.05) is 0 Å². The van der Waals surface area contributed by atoms with Gasteiger partial charge in [-0.15, -0.1) is 0 Å². The maximum Gasteiger partial charge on any atom is 0.191 e. The summed E-state index contributed by atoms with van der Waals surface area (Å²) < 4.78 is 5.42. The summed E-state index contributed by atoms with van der Waals surface area (Å²) in [5.74, 6) is 1.83. The minimum Gasteiger partial charge on any atom is -0.361 e. The topological polar surface area (TPSA) is 65.7 Å². The molecule has 0 amide bonds. The van der Waals surface area contributed by atoms with Gasteiger partial charge in [-0.25, -0.2) is 4.99 Å². The fourth-order valence-electron chi connectivity index (χ4n) is 2.82. The van der Waals surface area contributed by atoms with E-state index >= 15 is 0 Å². The first-order valence-corrected chi connectivity index (χ1v) is 9.90. The molecule has 0 unspecified atom stereocenters. The smallest absolute Gasteiger partial charge is 0.191 e. The normalized spacial score (nSPS) is 12.0. The molecule has 0 bridgehead atoms. The van der Waals surface area contributed by atoms with Crippen LogP contribution in [0.4, 0.5) is 0 Å². The number of hydrogen-bond donors (Lipinski definition) is 2. The highest BCUT2D eigenvalue weighted by molar-refractivity contribution is 5.79. The number of aromatic nitrogens is 1. The van der Waals surface area contributed by atoms with Crippen LogP contribution in [0, 0.1) is 0 Å². The molecule has 0 saturated carbocycles. The van der Waals surface area contributed by atoms with Crippen LogP contribution in [-0.2, 0) is 19.4 Å². The maximum atomic E-state index is 5.42. The summed E-state index contributed by atoms with van der Waals surface area (Å²) in [5, 5.41) is 10.9. The van der Waals surface area contributed by atoms with Crippen LogP contribution in [-0.4, -0.2) is 48.7 Å². The van der Waals surface area contributed by atoms with Gasteiger partial charge in [-0.1, -0.05) is 32.9 Å². The standard InChI is InChI=1S/C19H37N5O/c1-6-17-16(18(7-2)25-23-17)15-22-19(20-8-3)21-13-11-12-14-24(9-4)10-5/h6-15H2,1-5H3,(H2,20,21,22). The zero-order valence-electron chi connectivity index (χ0n) is 16.8. The number of hydrogen-bond acceptors (Lipinski definition) is 4. The molecule has 1 heterocycles. The molecule has 1 aromatic rings. The second-order valence-electron chi connectivity index (χ2n) is 6.09. The average molecular weight is 352 g/mol. The van der Waals surface area contributed by atoms with E-state index in [9.17, 15) is 0 Å². The van der Waals surface area contributed by atoms with E-state index in [-0.39, 0.29) is 0 Å². The van der Waals surface area contributed by atoms with Gasteiger partial charge >= 0.3 is 0 Å². The summed E-state index contributed by atoms with van der Waals surface area (Å²) >= 11 is 0. The van der Waals surface area contributed by atoms with Crippen molar-refractivity contribution in [2.24, 2.45) is 4.99 Å². The van der Waals surface area contributed by atoms with Crippen LogP contribution in [0.15, 0.2) is 9.52 Å². The zero-order valence-corrected chi connectivity index (χ0v) is 16.8. The number of aryl methyl sites for hydroxylation is 2. The van der Waals surface area contributed by atoms with Crippen molar-refractivity contribution in [3.8, 4) is 0 Å². The minimum absolute atomic E-state index is 0.616. The van der Waals surface area contributed by atoms with Crippen LogP contribution >= 0.6 is 0 Å². The molecule has 0 aromatic carbocycles. The van der Waals surface area contributed by atoms with E-state index in [4.69, 9.17) is 9.52 Å². The molecule has 0 radical (unpaired) electrons. The van der Waals surface area contributed by atoms with Crippen LogP contribution < -0.4 is 10.6 Å². The third kappa shape index (κ3) is 7.46. The molecule has 0 aliphatic rings. The average Bonchev–Trinajstić information content (AvgIpc) is 3.04. The van der Waals surface area contributed by atoms with Gasteiger partial charge in [0.05, 0.1) is 12.2 Å². The molecule has 0 fully saturated rings. The number of nitrogens with one attached hydrogen (secondary N) is 2. The molecule has 6 heteroatoms. The van der Waals surface area contributed by atoms with Crippen molar-refractivity contribution < 1.29 is 4.52 Å². The van der Waals surface area contributed by atoms with Crippen LogP contribution in [0.5, 0.6) is 0 Å². The number of aliphatic imine (C=N–C) groups is 1. The summed E-state index contributed by atoms with van der Waals surface area (Å²) in [6.07, 6.45) is 4.09. The van der Waals surface area contributed by atoms with E-state index < -0.39 is 0 Å². The van der Waals surface area contributed by atoms with E-state index in [1.54, 1.807) is 0 Å². The predicted octanol–water partition coefficient (Wildman–Crippen LogP) is 2.98. The van der Waals surface area contributed by atoms with Gasteiger partial charge in [0.1, 0.15) is 5.76 Å². The lowest BCUT2D eigenvalue weighted by Crippen LogP contribution is -2.38. The van der Waals surface area contributed by atoms with Gasteiger partial charge in [0.15, 0.2) is 5.96 Å². The molecule has 0 aliphatic heterocycles. The van der Waals surface area contributed by atoms with Crippen molar-refractivity contribution in [3.05, 3.63) is 17.0 Å². The third-order valence-corrected chi connectivity index (χ3v) is 4.43. The molecule has 0 spiro atoms. The van der Waals surface area contributed by atoms with Crippen LogP contribution in [0.3, 0.4) is 0 Å². The molecule has 0 atom stereocenters. The Morgan fingerprint density at radius 3 is 2.40 bits per heavy atom. The lowest BCUT2D eigenvalue weighted by Gasteiger charge is -2.18. The molecule has 1 aromatic heterocycles. The second kappa shape index (κ2) is 12.8. The monoisotopic (exact) mass is 351 g/mol. The van der Waals surface area contributed by atoms with Crippen LogP contribution in [0.25, 0.3) is 0 Å². The lowest BCUT2D eigenvalue weighted by atomic mass is 10.1. The number of nitrogens with zero attached hydrogens (tertiary/aromatic N) is 3. The van der Waals surface area contributed by atoms with Crippen molar-refractivity contribution in [2.45, 2.75) is 66.8 Å². The Kier molecular flexibility index (Phi) is 11.0. The number of rotatable bonds is 12. The van der Waals surface area contributed by atoms with Crippen molar-refractivity contribution in [1.29, 1.82) is 0 Å². The van der Waals surface area contributed by atoms with Gasteiger partial charge in [0.2, 0.25) is 0 Å². The Bertz CT molecular complexity index is 473. The van der Waals surface area contributed by atoms with Crippen LogP contribution in [0.2, 0.25) is 0 Å². The first-order chi connectivity index (χ1) is 12.2. The van der Waals surface area contributed by atoms with Crippen molar-refractivity contribution in [2.75, 3.05) is 32.7 Å². The molecule has 0 saturated heterocycles. The second-order valence-corrected chi connectivity index (χ2v) is 6.09. The van der Waals surface area contributed by atoms with Crippen molar-refractivity contribution in [1.82, 2.24) is 20.7 Å². The van der Waals surface area contributed by atoms with Gasteiger partial charge in [0.25, 0.3) is 0 Å². The van der Waals surface area contributed by atoms with E-state index in [0.717, 1.165) is 68.4 Å². The summed E-state index contributed by atoms with van der Waals surface area (Å²) in [7, 11) is 0. The molecule has 0 aliphatic carbocycles. The Morgan fingerprint density at radius 2 is 1.80 bits per heavy atom. The van der Waals surface area contributed by atoms with Gasteiger partial charge in [-0.05, 0) is 45.8 Å². The highest BCUT2D eigenvalue weighted by Crippen LogP contribution is 2.16. The van der Waals surface area contributed by atoms with Crippen molar-refractivity contribution in [3.63, 3.8) is 0 Å². The molecular weight excluding hydrogens is 314 g/mol. The quantitative estimate of drug-likeness (QED) is 0.344. The third-order valence-electron chi connectivity index (χ3n) is 4.43. The molecule has 2 N–H and O–H groups in total. The van der Waals surface area contributed by atoms with Gasteiger partial charge < -0.3 is 20.1 Å². The van der Waals surface area contributed by atoms with Gasteiger partial charge in [0, 0.05) is 25.1 Å². The summed E-state index contributed by atoms with van der Waals surface area (Å²) in [5.41, 5.74) is 2.17. The van der Waals surface area contributed by atoms with Crippen LogP contribution in [0.1, 0.15) is 64.5 Å². The minimum atomic E-state index is 0.616. The van der Waals surface area contributed by atoms with Crippen molar-refractivity contribution >= 4 is 5.96 Å². The zero-order chi connectivity index (χ0) is 18.5. The number of guanidine groups is 1. The largest absolute Gasteiger partial charge is 0.361 e. The molecule has 25 heavy (non-hydrogen) atoms. The highest BCUT2D eigenvalue weighted by atomic mass is 16.5. The van der Waals surface area contributed by atoms with Gasteiger partial charge in [-0.3, -0.25) is 0 Å². The van der Waals surface area contributed by atoms with E-state index in [2.05, 4.69) is 55.3 Å². The highest BCUT2D eigenvalue weighted by Gasteiger charge is 2.13. The van der Waals surface area contributed by atoms with E-state index in [1.165, 1.54) is 13.0 Å². The lowest BCUT2D eigenvalue weighted by molar-refractivity contribution is 0.297. The Morgan fingerprint density at radius 1 is 1.04 bits per heavy atom. The Hall–Kier alpha value is -1.56. The molecule has 1 rings (SSSR count). The fourth-order valence-corrected chi connectivity index (χ4v) is 2.82. The first kappa shape index (κ1) is 21.5.